The summed E-state index contributed by atoms with van der Waals surface area (Å²) >= 11 is 0. The molecule has 3 aromatic carbocycles. The molecule has 0 N–H and O–H groups in total. The normalized spacial score (nSPS) is 22.4. The maximum Gasteiger partial charge on any atom is 0.186 e. The van der Waals surface area contributed by atoms with Crippen molar-refractivity contribution in [2.45, 2.75) is 33.8 Å². The van der Waals surface area contributed by atoms with Crippen LogP contribution >= 0.6 is 0 Å². The van der Waals surface area contributed by atoms with Crippen molar-refractivity contribution < 1.29 is 16.8 Å². The minimum absolute atomic E-state index is 0.147. The van der Waals surface area contributed by atoms with Crippen LogP contribution in [0.25, 0.3) is 0 Å². The van der Waals surface area contributed by atoms with E-state index in [1.54, 1.807) is 30.3 Å². The second-order valence-corrected chi connectivity index (χ2v) is 13.3. The molecule has 0 aromatic heterocycles. The van der Waals surface area contributed by atoms with Gasteiger partial charge in [0.05, 0.1) is 15.0 Å². The predicted octanol–water partition coefficient (Wildman–Crippen LogP) is 3.70. The number of nitrogens with zero attached hydrogens (tertiary/aromatic N) is 2. The molecular weight excluding hydrogens is 468 g/mol. The van der Waals surface area contributed by atoms with E-state index in [0.29, 0.717) is 24.3 Å². The number of piperazine rings is 1. The van der Waals surface area contributed by atoms with Gasteiger partial charge in [-0.3, -0.25) is 4.90 Å². The van der Waals surface area contributed by atoms with Crippen molar-refractivity contribution in [3.8, 4) is 0 Å². The Labute approximate surface area is 201 Å². The number of anilines is 1. The summed E-state index contributed by atoms with van der Waals surface area (Å²) in [5.41, 5.74) is 2.40. The van der Waals surface area contributed by atoms with E-state index in [2.05, 4.69) is 21.9 Å². The van der Waals surface area contributed by atoms with Gasteiger partial charge in [0.1, 0.15) is 5.25 Å². The Balaban J connectivity index is 1.48. The molecule has 0 radical (unpaired) electrons. The SMILES string of the molecule is CC1C(S(=O)(=O)c2ccccc2)c2c(N3CCN(Cc4ccccc4)CC3)cccc2S1(=O)=O. The average molecular weight is 497 g/mol. The van der Waals surface area contributed by atoms with E-state index >= 15 is 0 Å². The van der Waals surface area contributed by atoms with Crippen LogP contribution < -0.4 is 4.90 Å². The molecule has 5 rings (SSSR count). The standard InChI is InChI=1S/C26H28N2O4S2/c1-20-26(34(31,32)22-11-6-3-7-12-22)25-23(13-8-14-24(25)33(20,29)30)28-17-15-27(16-18-28)19-21-9-4-2-5-10-21/h2-14,20,26H,15-19H2,1H3. The molecule has 2 unspecified atom stereocenters. The molecule has 8 heteroatoms. The van der Waals surface area contributed by atoms with E-state index in [-0.39, 0.29) is 9.79 Å². The molecule has 3 aromatic rings. The number of hydrogen-bond acceptors (Lipinski definition) is 6. The van der Waals surface area contributed by atoms with Gasteiger partial charge in [-0.05, 0) is 36.8 Å². The second-order valence-electron chi connectivity index (χ2n) is 8.97. The molecule has 0 amide bonds. The highest BCUT2D eigenvalue weighted by Crippen LogP contribution is 2.49. The summed E-state index contributed by atoms with van der Waals surface area (Å²) in [6.07, 6.45) is 0. The van der Waals surface area contributed by atoms with Crippen molar-refractivity contribution in [3.05, 3.63) is 90.0 Å². The predicted molar refractivity (Wildman–Crippen MR) is 133 cm³/mol. The Morgan fingerprint density at radius 2 is 1.44 bits per heavy atom. The van der Waals surface area contributed by atoms with Crippen molar-refractivity contribution in [1.82, 2.24) is 4.90 Å². The zero-order valence-electron chi connectivity index (χ0n) is 19.0. The highest BCUT2D eigenvalue weighted by Gasteiger charge is 2.51. The Hall–Kier alpha value is -2.68. The first-order valence-electron chi connectivity index (χ1n) is 11.5. The van der Waals surface area contributed by atoms with E-state index in [0.717, 1.165) is 19.6 Å². The van der Waals surface area contributed by atoms with Crippen LogP contribution in [-0.2, 0) is 26.2 Å². The molecule has 0 saturated carbocycles. The average Bonchev–Trinajstić information content (AvgIpc) is 3.07. The summed E-state index contributed by atoms with van der Waals surface area (Å²) in [4.78, 5) is 4.81. The summed E-state index contributed by atoms with van der Waals surface area (Å²) in [6, 6.07) is 23.6. The first kappa shape index (κ1) is 23.1. The lowest BCUT2D eigenvalue weighted by molar-refractivity contribution is 0.249. The van der Waals surface area contributed by atoms with Gasteiger partial charge in [0, 0.05) is 44.0 Å². The van der Waals surface area contributed by atoms with Gasteiger partial charge in [-0.2, -0.15) is 0 Å². The third-order valence-electron chi connectivity index (χ3n) is 6.92. The molecule has 2 heterocycles. The van der Waals surface area contributed by atoms with Gasteiger partial charge in [0.25, 0.3) is 0 Å². The van der Waals surface area contributed by atoms with Crippen LogP contribution in [0.4, 0.5) is 5.69 Å². The van der Waals surface area contributed by atoms with Crippen molar-refractivity contribution in [1.29, 1.82) is 0 Å². The summed E-state index contributed by atoms with van der Waals surface area (Å²) in [5, 5.41) is -2.18. The Bertz CT molecular complexity index is 1380. The van der Waals surface area contributed by atoms with Crippen LogP contribution in [0.3, 0.4) is 0 Å². The maximum absolute atomic E-state index is 13.7. The van der Waals surface area contributed by atoms with Gasteiger partial charge < -0.3 is 4.90 Å². The van der Waals surface area contributed by atoms with Crippen molar-refractivity contribution >= 4 is 25.4 Å². The van der Waals surface area contributed by atoms with E-state index in [1.165, 1.54) is 24.6 Å². The largest absolute Gasteiger partial charge is 0.369 e. The molecule has 0 aliphatic carbocycles. The molecule has 0 spiro atoms. The fourth-order valence-corrected chi connectivity index (χ4v) is 9.61. The number of hydrogen-bond donors (Lipinski definition) is 0. The first-order valence-corrected chi connectivity index (χ1v) is 14.6. The molecule has 6 nitrogen and oxygen atoms in total. The van der Waals surface area contributed by atoms with E-state index in [1.807, 2.05) is 24.3 Å². The van der Waals surface area contributed by atoms with Gasteiger partial charge in [-0.25, -0.2) is 16.8 Å². The van der Waals surface area contributed by atoms with Crippen LogP contribution in [0.15, 0.2) is 88.7 Å². The fraction of sp³-hybridized carbons (Fsp3) is 0.308. The Morgan fingerprint density at radius 3 is 2.09 bits per heavy atom. The van der Waals surface area contributed by atoms with Crippen LogP contribution in [0.1, 0.15) is 23.3 Å². The third kappa shape index (κ3) is 3.93. The quantitative estimate of drug-likeness (QED) is 0.536. The highest BCUT2D eigenvalue weighted by molar-refractivity contribution is 7.96. The van der Waals surface area contributed by atoms with Crippen LogP contribution in [0.2, 0.25) is 0 Å². The van der Waals surface area contributed by atoms with Crippen LogP contribution in [0.5, 0.6) is 0 Å². The van der Waals surface area contributed by atoms with Gasteiger partial charge >= 0.3 is 0 Å². The monoisotopic (exact) mass is 496 g/mol. The summed E-state index contributed by atoms with van der Waals surface area (Å²) in [6.45, 7) is 5.42. The molecule has 178 valence electrons. The molecule has 0 bridgehead atoms. The molecule has 1 saturated heterocycles. The highest BCUT2D eigenvalue weighted by atomic mass is 32.2. The molecule has 34 heavy (non-hydrogen) atoms. The molecular formula is C26H28N2O4S2. The van der Waals surface area contributed by atoms with E-state index in [4.69, 9.17) is 0 Å². The summed E-state index contributed by atoms with van der Waals surface area (Å²) < 4.78 is 53.9. The van der Waals surface area contributed by atoms with Gasteiger partial charge in [-0.1, -0.05) is 54.6 Å². The minimum Gasteiger partial charge on any atom is -0.369 e. The van der Waals surface area contributed by atoms with Gasteiger partial charge in [-0.15, -0.1) is 0 Å². The van der Waals surface area contributed by atoms with Crippen molar-refractivity contribution in [2.24, 2.45) is 0 Å². The number of sulfone groups is 2. The first-order chi connectivity index (χ1) is 16.3. The minimum atomic E-state index is -3.90. The Morgan fingerprint density at radius 1 is 0.824 bits per heavy atom. The zero-order valence-corrected chi connectivity index (χ0v) is 20.7. The van der Waals surface area contributed by atoms with Crippen LogP contribution in [-0.4, -0.2) is 53.2 Å². The van der Waals surface area contributed by atoms with Crippen molar-refractivity contribution in [2.75, 3.05) is 31.1 Å². The number of benzene rings is 3. The van der Waals surface area contributed by atoms with Crippen molar-refractivity contribution in [3.63, 3.8) is 0 Å². The third-order valence-corrected chi connectivity index (χ3v) is 11.6. The lowest BCUT2D eigenvalue weighted by Gasteiger charge is -2.37. The van der Waals surface area contributed by atoms with E-state index < -0.39 is 30.2 Å². The topological polar surface area (TPSA) is 74.8 Å². The molecule has 2 aliphatic heterocycles. The lowest BCUT2D eigenvalue weighted by Crippen LogP contribution is -2.46. The van der Waals surface area contributed by atoms with E-state index in [9.17, 15) is 16.8 Å². The smallest absolute Gasteiger partial charge is 0.186 e. The van der Waals surface area contributed by atoms with Gasteiger partial charge in [0.2, 0.25) is 0 Å². The van der Waals surface area contributed by atoms with Crippen LogP contribution in [0, 0.1) is 0 Å². The zero-order chi connectivity index (χ0) is 23.9. The maximum atomic E-state index is 13.7. The number of fused-ring (bicyclic) bond motifs is 1. The molecule has 2 atom stereocenters. The second kappa shape index (κ2) is 8.83. The molecule has 1 fully saturated rings. The molecule has 2 aliphatic rings. The lowest BCUT2D eigenvalue weighted by atomic mass is 10.1. The Kier molecular flexibility index (Phi) is 6.00. The summed E-state index contributed by atoms with van der Waals surface area (Å²) in [7, 11) is -7.65. The fourth-order valence-electron chi connectivity index (χ4n) is 5.09. The summed E-state index contributed by atoms with van der Waals surface area (Å²) in [5.74, 6) is 0. The number of rotatable bonds is 5. The van der Waals surface area contributed by atoms with Gasteiger partial charge in [0.15, 0.2) is 19.7 Å².